The third-order valence-corrected chi connectivity index (χ3v) is 2.16. The van der Waals surface area contributed by atoms with Crippen molar-refractivity contribution in [3.05, 3.63) is 23.8 Å². The maximum Gasteiger partial charge on any atom is 0.319 e. The lowest BCUT2D eigenvalue weighted by atomic mass is 10.2. The van der Waals surface area contributed by atoms with Gasteiger partial charge in [0.15, 0.2) is 0 Å². The summed E-state index contributed by atoms with van der Waals surface area (Å²) in [6.07, 6.45) is 0.299. The number of carbonyl (C=O) groups excluding carboxylic acids is 2. The highest BCUT2D eigenvalue weighted by Gasteiger charge is 2.05. The van der Waals surface area contributed by atoms with E-state index in [0.717, 1.165) is 5.56 Å². The molecule has 1 aromatic carbocycles. The van der Waals surface area contributed by atoms with Gasteiger partial charge in [-0.1, -0.05) is 6.07 Å². The number of benzene rings is 1. The molecule has 92 valence electrons. The highest BCUT2D eigenvalue weighted by molar-refractivity contribution is 5.91. The number of rotatable bonds is 4. The normalized spacial score (nSPS) is 9.76. The summed E-state index contributed by atoms with van der Waals surface area (Å²) < 4.78 is 0. The molecule has 3 N–H and O–H groups in total. The second-order valence-corrected chi connectivity index (χ2v) is 3.85. The van der Waals surface area contributed by atoms with E-state index < -0.39 is 6.03 Å². The molecule has 0 heterocycles. The summed E-state index contributed by atoms with van der Waals surface area (Å²) in [5, 5.41) is 14.5. The molecule has 1 rings (SSSR count). The van der Waals surface area contributed by atoms with Crippen molar-refractivity contribution in [2.45, 2.75) is 20.3 Å². The number of hydrogen-bond donors (Lipinski definition) is 3. The molecule has 2 amide bonds. The van der Waals surface area contributed by atoms with E-state index in [2.05, 4.69) is 10.6 Å². The van der Waals surface area contributed by atoms with E-state index in [1.165, 1.54) is 13.0 Å². The first-order valence-electron chi connectivity index (χ1n) is 5.33. The number of aryl methyl sites for hydroxylation is 1. The highest BCUT2D eigenvalue weighted by atomic mass is 16.3. The molecular formula is C12H16N2O3. The summed E-state index contributed by atoms with van der Waals surface area (Å²) in [4.78, 5) is 22.1. The molecule has 5 heteroatoms. The lowest BCUT2D eigenvalue weighted by Crippen LogP contribution is -2.30. The van der Waals surface area contributed by atoms with Crippen LogP contribution in [0, 0.1) is 6.92 Å². The van der Waals surface area contributed by atoms with Crippen molar-refractivity contribution in [1.29, 1.82) is 0 Å². The Morgan fingerprint density at radius 2 is 2.06 bits per heavy atom. The van der Waals surface area contributed by atoms with Gasteiger partial charge in [-0.05, 0) is 31.5 Å². The maximum absolute atomic E-state index is 11.4. The summed E-state index contributed by atoms with van der Waals surface area (Å²) in [6.45, 7) is 3.61. The Hall–Kier alpha value is -2.04. The van der Waals surface area contributed by atoms with E-state index in [-0.39, 0.29) is 18.1 Å². The van der Waals surface area contributed by atoms with E-state index in [1.807, 2.05) is 6.92 Å². The third-order valence-electron chi connectivity index (χ3n) is 2.16. The second-order valence-electron chi connectivity index (χ2n) is 3.85. The molecule has 0 radical (unpaired) electrons. The van der Waals surface area contributed by atoms with Crippen LogP contribution in [0.5, 0.6) is 5.75 Å². The molecule has 0 saturated carbocycles. The van der Waals surface area contributed by atoms with Crippen LogP contribution in [0.2, 0.25) is 0 Å². The van der Waals surface area contributed by atoms with Crippen molar-refractivity contribution in [2.75, 3.05) is 11.9 Å². The SMILES string of the molecule is CC(=O)CCNC(=O)Nc1cc(C)ccc1O. The van der Waals surface area contributed by atoms with Gasteiger partial charge >= 0.3 is 6.03 Å². The lowest BCUT2D eigenvalue weighted by Gasteiger charge is -2.09. The average Bonchev–Trinajstić information content (AvgIpc) is 2.23. The lowest BCUT2D eigenvalue weighted by molar-refractivity contribution is -0.116. The first-order chi connectivity index (χ1) is 7.99. The van der Waals surface area contributed by atoms with Gasteiger partial charge in [-0.25, -0.2) is 4.79 Å². The van der Waals surface area contributed by atoms with Crippen LogP contribution in [0.3, 0.4) is 0 Å². The number of phenolic OH excluding ortho intramolecular Hbond substituents is 1. The summed E-state index contributed by atoms with van der Waals surface area (Å²) >= 11 is 0. The van der Waals surface area contributed by atoms with Crippen LogP contribution in [0.15, 0.2) is 18.2 Å². The quantitative estimate of drug-likeness (QED) is 0.697. The van der Waals surface area contributed by atoms with Gasteiger partial charge < -0.3 is 15.7 Å². The first kappa shape index (κ1) is 13.0. The Kier molecular flexibility index (Phi) is 4.51. The van der Waals surface area contributed by atoms with Crippen LogP contribution in [0.1, 0.15) is 18.9 Å². The molecule has 0 saturated heterocycles. The fraction of sp³-hybridized carbons (Fsp3) is 0.333. The fourth-order valence-electron chi connectivity index (χ4n) is 1.27. The summed E-state index contributed by atoms with van der Waals surface area (Å²) in [6, 6.07) is 4.49. The van der Waals surface area contributed by atoms with Crippen LogP contribution in [0.25, 0.3) is 0 Å². The highest BCUT2D eigenvalue weighted by Crippen LogP contribution is 2.23. The van der Waals surface area contributed by atoms with E-state index in [9.17, 15) is 14.7 Å². The van der Waals surface area contributed by atoms with E-state index >= 15 is 0 Å². The molecule has 17 heavy (non-hydrogen) atoms. The number of anilines is 1. The van der Waals surface area contributed by atoms with Gasteiger partial charge in [0.25, 0.3) is 0 Å². The molecule has 0 fully saturated rings. The Balaban J connectivity index is 2.50. The number of nitrogens with one attached hydrogen (secondary N) is 2. The van der Waals surface area contributed by atoms with Gasteiger partial charge in [0.2, 0.25) is 0 Å². The molecule has 0 unspecified atom stereocenters. The molecule has 0 aromatic heterocycles. The number of ketones is 1. The zero-order valence-corrected chi connectivity index (χ0v) is 9.91. The minimum atomic E-state index is -0.438. The average molecular weight is 236 g/mol. The predicted octanol–water partition coefficient (Wildman–Crippen LogP) is 1.80. The van der Waals surface area contributed by atoms with E-state index in [0.29, 0.717) is 12.1 Å². The molecule has 0 aliphatic heterocycles. The molecule has 5 nitrogen and oxygen atoms in total. The van der Waals surface area contributed by atoms with Crippen molar-refractivity contribution >= 4 is 17.5 Å². The Bertz CT molecular complexity index is 430. The predicted molar refractivity (Wildman–Crippen MR) is 65.2 cm³/mol. The number of carbonyl (C=O) groups is 2. The summed E-state index contributed by atoms with van der Waals surface area (Å²) in [5.41, 5.74) is 1.28. The molecular weight excluding hydrogens is 220 g/mol. The number of urea groups is 1. The van der Waals surface area contributed by atoms with Gasteiger partial charge in [-0.3, -0.25) is 4.79 Å². The molecule has 1 aromatic rings. The zero-order valence-electron chi connectivity index (χ0n) is 9.91. The van der Waals surface area contributed by atoms with Crippen molar-refractivity contribution in [2.24, 2.45) is 0 Å². The topological polar surface area (TPSA) is 78.4 Å². The Morgan fingerprint density at radius 3 is 2.71 bits per heavy atom. The molecule has 0 aliphatic rings. The van der Waals surface area contributed by atoms with Gasteiger partial charge in [0.1, 0.15) is 11.5 Å². The Labute approximate surface area is 99.8 Å². The summed E-state index contributed by atoms with van der Waals surface area (Å²) in [5.74, 6) is 0.0287. The third kappa shape index (κ3) is 4.55. The number of amides is 2. The number of aromatic hydroxyl groups is 1. The monoisotopic (exact) mass is 236 g/mol. The van der Waals surface area contributed by atoms with Gasteiger partial charge in [-0.15, -0.1) is 0 Å². The van der Waals surface area contributed by atoms with Gasteiger partial charge in [0, 0.05) is 13.0 Å². The standard InChI is InChI=1S/C12H16N2O3/c1-8-3-4-11(16)10(7-8)14-12(17)13-6-5-9(2)15/h3-4,7,16H,5-6H2,1-2H3,(H2,13,14,17). The van der Waals surface area contributed by atoms with Gasteiger partial charge in [-0.2, -0.15) is 0 Å². The van der Waals surface area contributed by atoms with Crippen molar-refractivity contribution < 1.29 is 14.7 Å². The minimum absolute atomic E-state index is 0.0114. The molecule has 0 aliphatic carbocycles. The van der Waals surface area contributed by atoms with Crippen molar-refractivity contribution in [3.63, 3.8) is 0 Å². The van der Waals surface area contributed by atoms with Crippen molar-refractivity contribution in [1.82, 2.24) is 5.32 Å². The van der Waals surface area contributed by atoms with Gasteiger partial charge in [0.05, 0.1) is 5.69 Å². The largest absolute Gasteiger partial charge is 0.506 e. The number of phenols is 1. The Morgan fingerprint density at radius 1 is 1.35 bits per heavy atom. The smallest absolute Gasteiger partial charge is 0.319 e. The zero-order chi connectivity index (χ0) is 12.8. The van der Waals surface area contributed by atoms with Crippen LogP contribution in [0.4, 0.5) is 10.5 Å². The summed E-state index contributed by atoms with van der Waals surface area (Å²) in [7, 11) is 0. The van der Waals surface area contributed by atoms with Crippen LogP contribution in [-0.2, 0) is 4.79 Å². The maximum atomic E-state index is 11.4. The number of Topliss-reactive ketones (excluding diaryl/α,β-unsaturated/α-hetero) is 1. The first-order valence-corrected chi connectivity index (χ1v) is 5.33. The van der Waals surface area contributed by atoms with Crippen LogP contribution >= 0.6 is 0 Å². The minimum Gasteiger partial charge on any atom is -0.506 e. The fourth-order valence-corrected chi connectivity index (χ4v) is 1.27. The molecule has 0 spiro atoms. The molecule has 0 atom stereocenters. The molecule has 0 bridgehead atoms. The second kappa shape index (κ2) is 5.89. The van der Waals surface area contributed by atoms with E-state index in [1.54, 1.807) is 12.1 Å². The van der Waals surface area contributed by atoms with Crippen LogP contribution < -0.4 is 10.6 Å². The van der Waals surface area contributed by atoms with Crippen LogP contribution in [-0.4, -0.2) is 23.5 Å². The van der Waals surface area contributed by atoms with E-state index in [4.69, 9.17) is 0 Å². The number of hydrogen-bond acceptors (Lipinski definition) is 3. The van der Waals surface area contributed by atoms with Crippen molar-refractivity contribution in [3.8, 4) is 5.75 Å².